The van der Waals surface area contributed by atoms with E-state index in [4.69, 9.17) is 5.73 Å². The lowest BCUT2D eigenvalue weighted by Gasteiger charge is -2.19. The number of nitrogen functional groups attached to an aromatic ring is 1. The molecule has 0 aromatic heterocycles. The van der Waals surface area contributed by atoms with E-state index in [1.54, 1.807) is 0 Å². The lowest BCUT2D eigenvalue weighted by atomic mass is 10.1. The molecule has 1 aromatic rings. The summed E-state index contributed by atoms with van der Waals surface area (Å²) in [5.41, 5.74) is 3.13. The molecule has 8 heteroatoms. The van der Waals surface area contributed by atoms with Gasteiger partial charge in [0, 0.05) is 11.4 Å². The molecule has 2 nitrogen and oxygen atoms in total. The van der Waals surface area contributed by atoms with Gasteiger partial charge >= 0.3 is 12.4 Å². The van der Waals surface area contributed by atoms with Crippen LogP contribution in [0, 0.1) is 0 Å². The standard InChI is InChI=1S/C10H10F6N2/c1-5(9(11,12)13)18-6-2-3-8(17)7(4-6)10(14,15)16/h2-5,18H,17H2,1H3. The Morgan fingerprint density at radius 3 is 2.11 bits per heavy atom. The SMILES string of the molecule is CC(Nc1ccc(N)c(C(F)(F)F)c1)C(F)(F)F. The Labute approximate surface area is 98.8 Å². The fourth-order valence-electron chi connectivity index (χ4n) is 1.22. The van der Waals surface area contributed by atoms with E-state index in [9.17, 15) is 26.3 Å². The second kappa shape index (κ2) is 4.58. The minimum Gasteiger partial charge on any atom is -0.398 e. The lowest BCUT2D eigenvalue weighted by molar-refractivity contribution is -0.138. The van der Waals surface area contributed by atoms with Crippen LogP contribution in [0.2, 0.25) is 0 Å². The molecule has 102 valence electrons. The van der Waals surface area contributed by atoms with Crippen molar-refractivity contribution in [2.45, 2.75) is 25.3 Å². The third kappa shape index (κ3) is 3.44. The highest BCUT2D eigenvalue weighted by molar-refractivity contribution is 5.58. The fourth-order valence-corrected chi connectivity index (χ4v) is 1.22. The summed E-state index contributed by atoms with van der Waals surface area (Å²) in [7, 11) is 0. The number of anilines is 2. The monoisotopic (exact) mass is 272 g/mol. The maximum Gasteiger partial charge on any atom is 0.418 e. The number of hydrogen-bond acceptors (Lipinski definition) is 2. The highest BCUT2D eigenvalue weighted by Crippen LogP contribution is 2.35. The summed E-state index contributed by atoms with van der Waals surface area (Å²) in [4.78, 5) is 0. The minimum absolute atomic E-state index is 0.290. The van der Waals surface area contributed by atoms with E-state index in [1.807, 2.05) is 5.32 Å². The molecular formula is C10H10F6N2. The average molecular weight is 272 g/mol. The van der Waals surface area contributed by atoms with E-state index in [-0.39, 0.29) is 5.69 Å². The van der Waals surface area contributed by atoms with E-state index < -0.39 is 29.6 Å². The van der Waals surface area contributed by atoms with Crippen molar-refractivity contribution >= 4 is 11.4 Å². The third-order valence-electron chi connectivity index (χ3n) is 2.23. The number of rotatable bonds is 2. The molecule has 1 aromatic carbocycles. The molecule has 0 spiro atoms. The minimum atomic E-state index is -4.71. The Balaban J connectivity index is 3.00. The second-order valence-corrected chi connectivity index (χ2v) is 3.71. The van der Waals surface area contributed by atoms with Crippen molar-refractivity contribution in [2.24, 2.45) is 0 Å². The van der Waals surface area contributed by atoms with E-state index in [0.29, 0.717) is 6.07 Å². The summed E-state index contributed by atoms with van der Waals surface area (Å²) < 4.78 is 74.1. The van der Waals surface area contributed by atoms with Crippen molar-refractivity contribution in [2.75, 3.05) is 11.1 Å². The molecule has 0 heterocycles. The Morgan fingerprint density at radius 1 is 1.11 bits per heavy atom. The number of nitrogens with one attached hydrogen (secondary N) is 1. The smallest absolute Gasteiger partial charge is 0.398 e. The molecule has 0 aliphatic rings. The van der Waals surface area contributed by atoms with Gasteiger partial charge in [-0.1, -0.05) is 0 Å². The predicted octanol–water partition coefficient (Wildman–Crippen LogP) is 3.65. The zero-order valence-corrected chi connectivity index (χ0v) is 9.15. The molecule has 1 unspecified atom stereocenters. The molecule has 0 radical (unpaired) electrons. The summed E-state index contributed by atoms with van der Waals surface area (Å²) in [5, 5.41) is 1.94. The summed E-state index contributed by atoms with van der Waals surface area (Å²) in [6.45, 7) is 0.809. The topological polar surface area (TPSA) is 38.0 Å². The molecule has 0 amide bonds. The maximum absolute atomic E-state index is 12.5. The van der Waals surface area contributed by atoms with Crippen LogP contribution in [0.4, 0.5) is 37.7 Å². The van der Waals surface area contributed by atoms with Gasteiger partial charge in [-0.3, -0.25) is 0 Å². The fraction of sp³-hybridized carbons (Fsp3) is 0.400. The summed E-state index contributed by atoms with van der Waals surface area (Å²) >= 11 is 0. The van der Waals surface area contributed by atoms with Gasteiger partial charge in [0.1, 0.15) is 6.04 Å². The number of alkyl halides is 6. The van der Waals surface area contributed by atoms with Gasteiger partial charge in [0.15, 0.2) is 0 Å². The van der Waals surface area contributed by atoms with Crippen LogP contribution in [0.3, 0.4) is 0 Å². The molecular weight excluding hydrogens is 262 g/mol. The van der Waals surface area contributed by atoms with E-state index >= 15 is 0 Å². The number of hydrogen-bond donors (Lipinski definition) is 2. The number of nitrogens with two attached hydrogens (primary N) is 1. The van der Waals surface area contributed by atoms with Gasteiger partial charge in [-0.2, -0.15) is 26.3 Å². The van der Waals surface area contributed by atoms with Crippen LogP contribution < -0.4 is 11.1 Å². The van der Waals surface area contributed by atoms with Crippen molar-refractivity contribution in [1.82, 2.24) is 0 Å². The van der Waals surface area contributed by atoms with Crippen molar-refractivity contribution in [3.05, 3.63) is 23.8 Å². The van der Waals surface area contributed by atoms with Gasteiger partial charge in [-0.15, -0.1) is 0 Å². The van der Waals surface area contributed by atoms with Crippen LogP contribution in [0.1, 0.15) is 12.5 Å². The molecule has 0 aliphatic carbocycles. The quantitative estimate of drug-likeness (QED) is 0.637. The maximum atomic E-state index is 12.5. The Hall–Kier alpha value is -1.60. The Kier molecular flexibility index (Phi) is 3.68. The number of halogens is 6. The first kappa shape index (κ1) is 14.5. The normalized spacial score (nSPS) is 14.4. The molecule has 0 saturated carbocycles. The first-order valence-corrected chi connectivity index (χ1v) is 4.82. The van der Waals surface area contributed by atoms with Crippen molar-refractivity contribution in [3.8, 4) is 0 Å². The van der Waals surface area contributed by atoms with Crippen LogP contribution in [0.25, 0.3) is 0 Å². The predicted molar refractivity (Wildman–Crippen MR) is 55.0 cm³/mol. The van der Waals surface area contributed by atoms with Gasteiger partial charge in [0.2, 0.25) is 0 Å². The highest BCUT2D eigenvalue weighted by atomic mass is 19.4. The summed E-state index contributed by atoms with van der Waals surface area (Å²) in [5.74, 6) is 0. The van der Waals surface area contributed by atoms with Crippen LogP contribution in [-0.2, 0) is 6.18 Å². The van der Waals surface area contributed by atoms with Crippen LogP contribution in [0.5, 0.6) is 0 Å². The van der Waals surface area contributed by atoms with E-state index in [1.165, 1.54) is 0 Å². The molecule has 0 aliphatic heterocycles. The van der Waals surface area contributed by atoms with Crippen LogP contribution in [-0.4, -0.2) is 12.2 Å². The number of benzene rings is 1. The van der Waals surface area contributed by atoms with Crippen molar-refractivity contribution in [1.29, 1.82) is 0 Å². The summed E-state index contributed by atoms with van der Waals surface area (Å²) in [6.07, 6.45) is -9.25. The van der Waals surface area contributed by atoms with Crippen molar-refractivity contribution in [3.63, 3.8) is 0 Å². The van der Waals surface area contributed by atoms with E-state index in [0.717, 1.165) is 19.1 Å². The van der Waals surface area contributed by atoms with Crippen LogP contribution >= 0.6 is 0 Å². The average Bonchev–Trinajstić information content (AvgIpc) is 2.17. The van der Waals surface area contributed by atoms with Gasteiger partial charge in [0.05, 0.1) is 5.56 Å². The molecule has 1 atom stereocenters. The van der Waals surface area contributed by atoms with E-state index in [2.05, 4.69) is 0 Å². The molecule has 0 bridgehead atoms. The van der Waals surface area contributed by atoms with Gasteiger partial charge < -0.3 is 11.1 Å². The first-order chi connectivity index (χ1) is 8.01. The summed E-state index contributed by atoms with van der Waals surface area (Å²) in [6, 6.07) is 0.570. The Morgan fingerprint density at radius 2 is 1.67 bits per heavy atom. The third-order valence-corrected chi connectivity index (χ3v) is 2.23. The lowest BCUT2D eigenvalue weighted by Crippen LogP contribution is -2.33. The Bertz CT molecular complexity index is 423. The zero-order valence-electron chi connectivity index (χ0n) is 9.15. The van der Waals surface area contributed by atoms with Crippen molar-refractivity contribution < 1.29 is 26.3 Å². The molecule has 0 fully saturated rings. The van der Waals surface area contributed by atoms with Crippen LogP contribution in [0.15, 0.2) is 18.2 Å². The second-order valence-electron chi connectivity index (χ2n) is 3.71. The highest BCUT2D eigenvalue weighted by Gasteiger charge is 2.37. The molecule has 0 saturated heterocycles. The molecule has 18 heavy (non-hydrogen) atoms. The molecule has 1 rings (SSSR count). The van der Waals surface area contributed by atoms with Gasteiger partial charge in [-0.25, -0.2) is 0 Å². The zero-order chi connectivity index (χ0) is 14.1. The van der Waals surface area contributed by atoms with Gasteiger partial charge in [0.25, 0.3) is 0 Å². The largest absolute Gasteiger partial charge is 0.418 e. The first-order valence-electron chi connectivity index (χ1n) is 4.82. The van der Waals surface area contributed by atoms with Gasteiger partial charge in [-0.05, 0) is 25.1 Å². The molecule has 3 N–H and O–H groups in total.